The molecule has 0 bridgehead atoms. The second kappa shape index (κ2) is 6.57. The fourth-order valence-electron chi connectivity index (χ4n) is 1.52. The minimum atomic E-state index is 0.470. The van der Waals surface area contributed by atoms with Gasteiger partial charge in [0.1, 0.15) is 5.75 Å². The lowest BCUT2D eigenvalue weighted by molar-refractivity contribution is 0.462. The number of halogens is 3. The third kappa shape index (κ3) is 3.83. The fourth-order valence-corrected chi connectivity index (χ4v) is 2.35. The van der Waals surface area contributed by atoms with Crippen molar-refractivity contribution in [3.63, 3.8) is 0 Å². The number of pyridine rings is 1. The molecule has 0 saturated heterocycles. The van der Waals surface area contributed by atoms with Crippen molar-refractivity contribution in [3.8, 4) is 11.6 Å². The zero-order valence-corrected chi connectivity index (χ0v) is 13.2. The summed E-state index contributed by atoms with van der Waals surface area (Å²) in [6.45, 7) is 0.744. The van der Waals surface area contributed by atoms with Crippen LogP contribution in [0.3, 0.4) is 0 Å². The summed E-state index contributed by atoms with van der Waals surface area (Å²) in [4.78, 5) is 4.15. The molecular formula is C13H11BrCl2N2O. The SMILES string of the molecule is CNCc1ccnc(Oc2cc(Cl)c(Br)cc2Cl)c1. The highest BCUT2D eigenvalue weighted by atomic mass is 79.9. The second-order valence-electron chi connectivity index (χ2n) is 3.83. The van der Waals surface area contributed by atoms with Crippen LogP contribution >= 0.6 is 39.1 Å². The minimum absolute atomic E-state index is 0.470. The maximum Gasteiger partial charge on any atom is 0.219 e. The summed E-state index contributed by atoms with van der Waals surface area (Å²) in [5, 5.41) is 4.07. The van der Waals surface area contributed by atoms with Crippen molar-refractivity contribution in [2.24, 2.45) is 0 Å². The van der Waals surface area contributed by atoms with Crippen LogP contribution in [0.4, 0.5) is 0 Å². The van der Waals surface area contributed by atoms with E-state index in [4.69, 9.17) is 27.9 Å². The molecule has 0 fully saturated rings. The maximum atomic E-state index is 6.10. The van der Waals surface area contributed by atoms with Gasteiger partial charge in [0.15, 0.2) is 0 Å². The average Bonchev–Trinajstić information content (AvgIpc) is 2.37. The largest absolute Gasteiger partial charge is 0.437 e. The highest BCUT2D eigenvalue weighted by Crippen LogP contribution is 2.36. The van der Waals surface area contributed by atoms with Crippen molar-refractivity contribution in [2.45, 2.75) is 6.54 Å². The number of nitrogens with zero attached hydrogens (tertiary/aromatic N) is 1. The van der Waals surface area contributed by atoms with Gasteiger partial charge in [-0.15, -0.1) is 0 Å². The van der Waals surface area contributed by atoms with Crippen molar-refractivity contribution in [2.75, 3.05) is 7.05 Å². The Kier molecular flexibility index (Phi) is 5.05. The summed E-state index contributed by atoms with van der Waals surface area (Å²) >= 11 is 15.4. The first-order valence-electron chi connectivity index (χ1n) is 5.52. The molecule has 2 aromatic rings. The van der Waals surface area contributed by atoms with Gasteiger partial charge in [-0.3, -0.25) is 0 Å². The molecule has 0 unspecified atom stereocenters. The van der Waals surface area contributed by atoms with E-state index in [1.807, 2.05) is 19.2 Å². The molecule has 6 heteroatoms. The van der Waals surface area contributed by atoms with Crippen molar-refractivity contribution in [1.82, 2.24) is 10.3 Å². The Morgan fingerprint density at radius 2 is 2.05 bits per heavy atom. The number of nitrogens with one attached hydrogen (secondary N) is 1. The van der Waals surface area contributed by atoms with Crippen LogP contribution < -0.4 is 10.1 Å². The molecule has 2 rings (SSSR count). The molecule has 0 radical (unpaired) electrons. The van der Waals surface area contributed by atoms with Crippen molar-refractivity contribution < 1.29 is 4.74 Å². The third-order valence-electron chi connectivity index (χ3n) is 2.37. The van der Waals surface area contributed by atoms with E-state index in [1.165, 1.54) is 0 Å². The molecule has 0 aliphatic heterocycles. The van der Waals surface area contributed by atoms with Crippen molar-refractivity contribution in [3.05, 3.63) is 50.5 Å². The van der Waals surface area contributed by atoms with Gasteiger partial charge in [-0.25, -0.2) is 4.98 Å². The van der Waals surface area contributed by atoms with Gasteiger partial charge in [-0.1, -0.05) is 23.2 Å². The highest BCUT2D eigenvalue weighted by Gasteiger charge is 2.09. The van der Waals surface area contributed by atoms with Crippen LogP contribution in [0.2, 0.25) is 10.0 Å². The maximum absolute atomic E-state index is 6.10. The molecule has 0 atom stereocenters. The van der Waals surface area contributed by atoms with Gasteiger partial charge in [-0.2, -0.15) is 0 Å². The number of benzene rings is 1. The van der Waals surface area contributed by atoms with E-state index in [-0.39, 0.29) is 0 Å². The van der Waals surface area contributed by atoms with E-state index in [9.17, 15) is 0 Å². The number of rotatable bonds is 4. The van der Waals surface area contributed by atoms with Gasteiger partial charge in [-0.05, 0) is 40.7 Å². The van der Waals surface area contributed by atoms with Crippen LogP contribution in [0.15, 0.2) is 34.9 Å². The molecule has 0 saturated carbocycles. The van der Waals surface area contributed by atoms with Gasteiger partial charge in [0.05, 0.1) is 10.0 Å². The van der Waals surface area contributed by atoms with E-state index in [0.29, 0.717) is 21.7 Å². The molecule has 1 N–H and O–H groups in total. The summed E-state index contributed by atoms with van der Waals surface area (Å²) in [6, 6.07) is 7.11. The summed E-state index contributed by atoms with van der Waals surface area (Å²) in [5.41, 5.74) is 1.08. The lowest BCUT2D eigenvalue weighted by Gasteiger charge is -2.09. The summed E-state index contributed by atoms with van der Waals surface area (Å²) in [6.07, 6.45) is 1.69. The van der Waals surface area contributed by atoms with E-state index < -0.39 is 0 Å². The molecule has 19 heavy (non-hydrogen) atoms. The predicted octanol–water partition coefficient (Wildman–Crippen LogP) is 4.66. The average molecular weight is 362 g/mol. The van der Waals surface area contributed by atoms with Crippen molar-refractivity contribution in [1.29, 1.82) is 0 Å². The highest BCUT2D eigenvalue weighted by molar-refractivity contribution is 9.10. The quantitative estimate of drug-likeness (QED) is 0.804. The fraction of sp³-hybridized carbons (Fsp3) is 0.154. The van der Waals surface area contributed by atoms with Gasteiger partial charge >= 0.3 is 0 Å². The summed E-state index contributed by atoms with van der Waals surface area (Å²) in [5.74, 6) is 0.956. The summed E-state index contributed by atoms with van der Waals surface area (Å²) in [7, 11) is 1.88. The Bertz CT molecular complexity index is 593. The van der Waals surface area contributed by atoms with E-state index in [0.717, 1.165) is 16.6 Å². The molecule has 0 aliphatic carbocycles. The van der Waals surface area contributed by atoms with Gasteiger partial charge in [0.25, 0.3) is 0 Å². The molecule has 0 spiro atoms. The van der Waals surface area contributed by atoms with E-state index in [1.54, 1.807) is 18.3 Å². The van der Waals surface area contributed by atoms with Crippen LogP contribution in [0.25, 0.3) is 0 Å². The Morgan fingerprint density at radius 3 is 2.79 bits per heavy atom. The molecular weight excluding hydrogens is 351 g/mol. The molecule has 1 aromatic carbocycles. The van der Waals surface area contributed by atoms with Crippen LogP contribution in [-0.4, -0.2) is 12.0 Å². The lowest BCUT2D eigenvalue weighted by atomic mass is 10.2. The van der Waals surface area contributed by atoms with Crippen LogP contribution in [0.5, 0.6) is 11.6 Å². The van der Waals surface area contributed by atoms with Crippen LogP contribution in [-0.2, 0) is 6.54 Å². The Morgan fingerprint density at radius 1 is 1.26 bits per heavy atom. The smallest absolute Gasteiger partial charge is 0.219 e. The van der Waals surface area contributed by atoms with E-state index >= 15 is 0 Å². The van der Waals surface area contributed by atoms with Crippen LogP contribution in [0.1, 0.15) is 5.56 Å². The first-order chi connectivity index (χ1) is 9.10. The van der Waals surface area contributed by atoms with E-state index in [2.05, 4.69) is 26.2 Å². The van der Waals surface area contributed by atoms with Gasteiger partial charge in [0.2, 0.25) is 5.88 Å². The normalized spacial score (nSPS) is 10.5. The lowest BCUT2D eigenvalue weighted by Crippen LogP contribution is -2.05. The van der Waals surface area contributed by atoms with Crippen molar-refractivity contribution >= 4 is 39.1 Å². The predicted molar refractivity (Wildman–Crippen MR) is 81.2 cm³/mol. The minimum Gasteiger partial charge on any atom is -0.437 e. The Hall–Kier alpha value is -0.810. The first-order valence-corrected chi connectivity index (χ1v) is 7.07. The monoisotopic (exact) mass is 360 g/mol. The molecule has 0 amide bonds. The number of aromatic nitrogens is 1. The Labute approximate surface area is 130 Å². The Balaban J connectivity index is 2.25. The first kappa shape index (κ1) is 14.6. The standard InChI is InChI=1S/C13H11BrCl2N2O/c1-17-7-8-2-3-18-13(4-8)19-12-6-10(15)9(14)5-11(12)16/h2-6,17H,7H2,1H3. The third-order valence-corrected chi connectivity index (χ3v) is 3.86. The topological polar surface area (TPSA) is 34.2 Å². The molecule has 1 aromatic heterocycles. The molecule has 3 nitrogen and oxygen atoms in total. The number of hydrogen-bond acceptors (Lipinski definition) is 3. The van der Waals surface area contributed by atoms with Gasteiger partial charge in [0, 0.05) is 29.3 Å². The molecule has 1 heterocycles. The summed E-state index contributed by atoms with van der Waals surface area (Å²) < 4.78 is 6.38. The number of ether oxygens (including phenoxy) is 1. The zero-order chi connectivity index (χ0) is 13.8. The molecule has 0 aliphatic rings. The zero-order valence-electron chi connectivity index (χ0n) is 10.1. The van der Waals surface area contributed by atoms with Gasteiger partial charge < -0.3 is 10.1 Å². The van der Waals surface area contributed by atoms with Crippen LogP contribution in [0, 0.1) is 0 Å². The number of hydrogen-bond donors (Lipinski definition) is 1. The molecule has 100 valence electrons. The second-order valence-corrected chi connectivity index (χ2v) is 5.50.